The molecule has 0 unspecified atom stereocenters. The second-order valence-electron chi connectivity index (χ2n) is 3.62. The summed E-state index contributed by atoms with van der Waals surface area (Å²) in [5.74, 6) is 2.34. The molecule has 0 spiro atoms. The Morgan fingerprint density at radius 1 is 1.58 bits per heavy atom. The van der Waals surface area contributed by atoms with Crippen LogP contribution in [0.4, 0.5) is 5.82 Å². The van der Waals surface area contributed by atoms with Crippen LogP contribution in [0.3, 0.4) is 0 Å². The third-order valence-corrected chi connectivity index (χ3v) is 2.76. The minimum Gasteiger partial charge on any atom is -0.381 e. The minimum absolute atomic E-state index is 0.546. The smallest absolute Gasteiger partial charge is 0.169 e. The van der Waals surface area contributed by atoms with E-state index in [1.807, 2.05) is 6.92 Å². The van der Waals surface area contributed by atoms with E-state index in [2.05, 4.69) is 5.16 Å². The summed E-state index contributed by atoms with van der Waals surface area (Å²) < 4.78 is 5.13. The molecule has 3 heteroatoms. The van der Waals surface area contributed by atoms with Crippen molar-refractivity contribution in [1.82, 2.24) is 5.16 Å². The predicted octanol–water partition coefficient (Wildman–Crippen LogP) is 1.91. The average Bonchev–Trinajstić information content (AvgIpc) is 2.27. The van der Waals surface area contributed by atoms with Gasteiger partial charge in [-0.15, -0.1) is 0 Å². The molecule has 12 heavy (non-hydrogen) atoms. The lowest BCUT2D eigenvalue weighted by Gasteiger charge is -2.23. The maximum Gasteiger partial charge on any atom is 0.169 e. The van der Waals surface area contributed by atoms with E-state index < -0.39 is 0 Å². The Balaban J connectivity index is 2.06. The average molecular weight is 166 g/mol. The molecule has 1 aliphatic carbocycles. The zero-order valence-electron chi connectivity index (χ0n) is 7.34. The van der Waals surface area contributed by atoms with Crippen LogP contribution in [-0.2, 0) is 6.42 Å². The number of anilines is 1. The number of hydrogen-bond acceptors (Lipinski definition) is 3. The molecular formula is C9H14N2O. The molecule has 0 aliphatic heterocycles. The van der Waals surface area contributed by atoms with E-state index in [0.717, 1.165) is 23.7 Å². The fourth-order valence-corrected chi connectivity index (χ4v) is 1.53. The van der Waals surface area contributed by atoms with Gasteiger partial charge in [0, 0.05) is 12.0 Å². The van der Waals surface area contributed by atoms with Gasteiger partial charge in [-0.3, -0.25) is 0 Å². The van der Waals surface area contributed by atoms with E-state index in [-0.39, 0.29) is 0 Å². The fourth-order valence-electron chi connectivity index (χ4n) is 1.53. The molecule has 1 saturated carbocycles. The molecule has 3 nitrogen and oxygen atoms in total. The first kappa shape index (κ1) is 7.65. The quantitative estimate of drug-likeness (QED) is 0.730. The Labute approximate surface area is 71.9 Å². The summed E-state index contributed by atoms with van der Waals surface area (Å²) in [6, 6.07) is 0. The van der Waals surface area contributed by atoms with Crippen LogP contribution in [-0.4, -0.2) is 5.16 Å². The lowest BCUT2D eigenvalue weighted by atomic mass is 9.82. The van der Waals surface area contributed by atoms with Gasteiger partial charge in [-0.05, 0) is 12.8 Å². The molecular weight excluding hydrogens is 152 g/mol. The van der Waals surface area contributed by atoms with Gasteiger partial charge in [0.15, 0.2) is 5.82 Å². The molecule has 1 aliphatic rings. The van der Waals surface area contributed by atoms with Gasteiger partial charge in [-0.2, -0.15) is 0 Å². The summed E-state index contributed by atoms with van der Waals surface area (Å²) in [5, 5.41) is 3.73. The van der Waals surface area contributed by atoms with Gasteiger partial charge in [0.1, 0.15) is 5.76 Å². The SMILES string of the molecule is Cc1c(N)noc1CC1CCC1. The summed E-state index contributed by atoms with van der Waals surface area (Å²) >= 11 is 0. The number of nitrogens with zero attached hydrogens (tertiary/aromatic N) is 1. The lowest BCUT2D eigenvalue weighted by Crippen LogP contribution is -2.13. The van der Waals surface area contributed by atoms with Crippen molar-refractivity contribution in [2.45, 2.75) is 32.6 Å². The topological polar surface area (TPSA) is 52.0 Å². The van der Waals surface area contributed by atoms with E-state index in [0.29, 0.717) is 5.82 Å². The van der Waals surface area contributed by atoms with Crippen LogP contribution in [0.15, 0.2) is 4.52 Å². The van der Waals surface area contributed by atoms with Crippen molar-refractivity contribution in [3.63, 3.8) is 0 Å². The Morgan fingerprint density at radius 3 is 2.75 bits per heavy atom. The fraction of sp³-hybridized carbons (Fsp3) is 0.667. The van der Waals surface area contributed by atoms with Crippen LogP contribution in [0.5, 0.6) is 0 Å². The van der Waals surface area contributed by atoms with Gasteiger partial charge in [0.05, 0.1) is 0 Å². The van der Waals surface area contributed by atoms with E-state index in [4.69, 9.17) is 10.3 Å². The zero-order valence-corrected chi connectivity index (χ0v) is 7.34. The Bertz CT molecular complexity index is 276. The molecule has 0 saturated heterocycles. The van der Waals surface area contributed by atoms with E-state index >= 15 is 0 Å². The molecule has 0 bridgehead atoms. The van der Waals surface area contributed by atoms with E-state index in [9.17, 15) is 0 Å². The number of nitrogen functional groups attached to an aromatic ring is 1. The molecule has 1 aromatic heterocycles. The highest BCUT2D eigenvalue weighted by Crippen LogP contribution is 2.31. The summed E-state index contributed by atoms with van der Waals surface area (Å²) in [4.78, 5) is 0. The molecule has 0 radical (unpaired) electrons. The lowest BCUT2D eigenvalue weighted by molar-refractivity contribution is 0.277. The molecule has 2 rings (SSSR count). The molecule has 1 aromatic rings. The first-order valence-electron chi connectivity index (χ1n) is 4.48. The van der Waals surface area contributed by atoms with Crippen molar-refractivity contribution < 1.29 is 4.52 Å². The molecule has 66 valence electrons. The van der Waals surface area contributed by atoms with E-state index in [1.165, 1.54) is 19.3 Å². The molecule has 0 atom stereocenters. The second-order valence-corrected chi connectivity index (χ2v) is 3.62. The third kappa shape index (κ3) is 1.19. The summed E-state index contributed by atoms with van der Waals surface area (Å²) in [6.07, 6.45) is 5.06. The van der Waals surface area contributed by atoms with Crippen LogP contribution in [0.25, 0.3) is 0 Å². The second kappa shape index (κ2) is 2.81. The third-order valence-electron chi connectivity index (χ3n) is 2.76. The van der Waals surface area contributed by atoms with Crippen LogP contribution in [0.2, 0.25) is 0 Å². The minimum atomic E-state index is 0.546. The molecule has 1 heterocycles. The highest BCUT2D eigenvalue weighted by atomic mass is 16.5. The van der Waals surface area contributed by atoms with E-state index in [1.54, 1.807) is 0 Å². The van der Waals surface area contributed by atoms with Crippen LogP contribution < -0.4 is 5.73 Å². The molecule has 2 N–H and O–H groups in total. The zero-order chi connectivity index (χ0) is 8.55. The number of rotatable bonds is 2. The van der Waals surface area contributed by atoms with Crippen molar-refractivity contribution in [3.05, 3.63) is 11.3 Å². The summed E-state index contributed by atoms with van der Waals surface area (Å²) in [5.41, 5.74) is 6.60. The van der Waals surface area contributed by atoms with Crippen LogP contribution >= 0.6 is 0 Å². The molecule has 1 fully saturated rings. The Kier molecular flexibility index (Phi) is 1.79. The molecule has 0 amide bonds. The first-order chi connectivity index (χ1) is 5.77. The Morgan fingerprint density at radius 2 is 2.33 bits per heavy atom. The normalized spacial score (nSPS) is 17.8. The standard InChI is InChI=1S/C9H14N2O/c1-6-8(12-11-9(6)10)5-7-3-2-4-7/h7H,2-5H2,1H3,(H2,10,11). The highest BCUT2D eigenvalue weighted by molar-refractivity contribution is 5.38. The van der Waals surface area contributed by atoms with Crippen molar-refractivity contribution in [2.75, 3.05) is 5.73 Å². The number of nitrogens with two attached hydrogens (primary N) is 1. The number of aromatic nitrogens is 1. The van der Waals surface area contributed by atoms with Crippen molar-refractivity contribution in [3.8, 4) is 0 Å². The van der Waals surface area contributed by atoms with Gasteiger partial charge < -0.3 is 10.3 Å². The summed E-state index contributed by atoms with van der Waals surface area (Å²) in [7, 11) is 0. The molecule has 0 aromatic carbocycles. The monoisotopic (exact) mass is 166 g/mol. The van der Waals surface area contributed by atoms with Crippen LogP contribution in [0.1, 0.15) is 30.6 Å². The van der Waals surface area contributed by atoms with Gasteiger partial charge in [0.2, 0.25) is 0 Å². The number of hydrogen-bond donors (Lipinski definition) is 1. The van der Waals surface area contributed by atoms with Crippen molar-refractivity contribution in [1.29, 1.82) is 0 Å². The van der Waals surface area contributed by atoms with Gasteiger partial charge >= 0.3 is 0 Å². The van der Waals surface area contributed by atoms with Gasteiger partial charge in [-0.25, -0.2) is 0 Å². The largest absolute Gasteiger partial charge is 0.381 e. The van der Waals surface area contributed by atoms with Crippen molar-refractivity contribution in [2.24, 2.45) is 5.92 Å². The maximum absolute atomic E-state index is 5.57. The van der Waals surface area contributed by atoms with Gasteiger partial charge in [0.25, 0.3) is 0 Å². The first-order valence-corrected chi connectivity index (χ1v) is 4.48. The summed E-state index contributed by atoms with van der Waals surface area (Å²) in [6.45, 7) is 1.97. The Hall–Kier alpha value is -0.990. The van der Waals surface area contributed by atoms with Gasteiger partial charge in [-0.1, -0.05) is 24.4 Å². The van der Waals surface area contributed by atoms with Crippen molar-refractivity contribution >= 4 is 5.82 Å². The predicted molar refractivity (Wildman–Crippen MR) is 46.7 cm³/mol. The maximum atomic E-state index is 5.57. The van der Waals surface area contributed by atoms with Crippen LogP contribution in [0, 0.1) is 12.8 Å². The highest BCUT2D eigenvalue weighted by Gasteiger charge is 2.21.